The fourth-order valence-electron chi connectivity index (χ4n) is 4.58. The molecule has 1 heterocycles. The number of benzene rings is 1. The first-order chi connectivity index (χ1) is 11.8. The van der Waals surface area contributed by atoms with E-state index in [-0.39, 0.29) is 24.9 Å². The third-order valence-electron chi connectivity index (χ3n) is 6.42. The predicted molar refractivity (Wildman–Crippen MR) is 85.8 cm³/mol. The van der Waals surface area contributed by atoms with E-state index in [1.54, 1.807) is 19.9 Å². The molecule has 1 aliphatic carbocycles. The Labute approximate surface area is 147 Å². The molecule has 0 radical (unpaired) electrons. The maximum atomic E-state index is 13.0. The highest BCUT2D eigenvalue weighted by Gasteiger charge is 2.60. The van der Waals surface area contributed by atoms with E-state index in [0.29, 0.717) is 5.56 Å². The standard InChI is InChI=1S/C17H19F3N2O4/c1-15(2)12-8-9-10(4-5-11(23)13(9)22(25)26)16(15,3)6-7-21(12)14(24)17(18,19)20/h4-5,12,23H,6-8H2,1-3H3/t12-,16?/m1/s1. The van der Waals surface area contributed by atoms with Crippen molar-refractivity contribution in [3.63, 3.8) is 0 Å². The number of rotatable bonds is 1. The van der Waals surface area contributed by atoms with Crippen LogP contribution in [0.15, 0.2) is 12.1 Å². The Morgan fingerprint density at radius 2 is 1.96 bits per heavy atom. The molecule has 9 heteroatoms. The number of phenols is 1. The second-order valence-corrected chi connectivity index (χ2v) is 7.74. The van der Waals surface area contributed by atoms with E-state index in [2.05, 4.69) is 0 Å². The molecule has 1 amide bonds. The van der Waals surface area contributed by atoms with Gasteiger partial charge in [0.2, 0.25) is 0 Å². The number of hydrogen-bond donors (Lipinski definition) is 1. The maximum absolute atomic E-state index is 13.0. The average Bonchev–Trinajstić information content (AvgIpc) is 2.48. The minimum absolute atomic E-state index is 0.0724. The Balaban J connectivity index is 2.21. The van der Waals surface area contributed by atoms with E-state index in [0.717, 1.165) is 4.90 Å². The summed E-state index contributed by atoms with van der Waals surface area (Å²) in [4.78, 5) is 23.4. The first kappa shape index (κ1) is 18.5. The summed E-state index contributed by atoms with van der Waals surface area (Å²) in [6.07, 6.45) is -4.87. The molecule has 0 spiro atoms. The van der Waals surface area contributed by atoms with E-state index >= 15 is 0 Å². The number of hydrogen-bond acceptors (Lipinski definition) is 4. The molecule has 142 valence electrons. The number of carbonyl (C=O) groups is 1. The van der Waals surface area contributed by atoms with Gasteiger partial charge in [-0.05, 0) is 23.5 Å². The van der Waals surface area contributed by atoms with Crippen molar-refractivity contribution in [2.45, 2.75) is 51.2 Å². The van der Waals surface area contributed by atoms with Crippen LogP contribution in [-0.2, 0) is 16.6 Å². The van der Waals surface area contributed by atoms with Crippen LogP contribution in [0.5, 0.6) is 5.75 Å². The van der Waals surface area contributed by atoms with Crippen molar-refractivity contribution in [3.8, 4) is 5.75 Å². The van der Waals surface area contributed by atoms with Gasteiger partial charge in [-0.3, -0.25) is 14.9 Å². The number of nitrogens with zero attached hydrogens (tertiary/aromatic N) is 2. The molecule has 2 aliphatic rings. The van der Waals surface area contributed by atoms with E-state index < -0.39 is 45.3 Å². The molecular weight excluding hydrogens is 353 g/mol. The van der Waals surface area contributed by atoms with Gasteiger partial charge in [0, 0.05) is 30.0 Å². The van der Waals surface area contributed by atoms with Crippen molar-refractivity contribution < 1.29 is 28.0 Å². The molecule has 1 saturated heterocycles. The van der Waals surface area contributed by atoms with Crippen LogP contribution in [0.4, 0.5) is 18.9 Å². The zero-order valence-electron chi connectivity index (χ0n) is 14.6. The van der Waals surface area contributed by atoms with Crippen molar-refractivity contribution >= 4 is 11.6 Å². The molecule has 1 fully saturated rings. The number of fused-ring (bicyclic) bond motifs is 4. The van der Waals surface area contributed by atoms with Gasteiger partial charge in [-0.25, -0.2) is 0 Å². The summed E-state index contributed by atoms with van der Waals surface area (Å²) >= 11 is 0. The quantitative estimate of drug-likeness (QED) is 0.606. The van der Waals surface area contributed by atoms with Gasteiger partial charge >= 0.3 is 17.8 Å². The van der Waals surface area contributed by atoms with Gasteiger partial charge in [-0.2, -0.15) is 13.2 Å². The number of halogens is 3. The highest BCUT2D eigenvalue weighted by molar-refractivity contribution is 5.82. The summed E-state index contributed by atoms with van der Waals surface area (Å²) in [7, 11) is 0. The van der Waals surface area contributed by atoms with Gasteiger partial charge < -0.3 is 10.0 Å². The van der Waals surface area contributed by atoms with Crippen molar-refractivity contribution in [2.75, 3.05) is 6.54 Å². The van der Waals surface area contributed by atoms with E-state index in [4.69, 9.17) is 0 Å². The van der Waals surface area contributed by atoms with E-state index in [9.17, 15) is 33.2 Å². The predicted octanol–water partition coefficient (Wildman–Crippen LogP) is 3.30. The molecular formula is C17H19F3N2O4. The van der Waals surface area contributed by atoms with E-state index in [1.807, 2.05) is 6.92 Å². The Kier molecular flexibility index (Phi) is 3.79. The molecule has 0 saturated carbocycles. The first-order valence-corrected chi connectivity index (χ1v) is 8.20. The van der Waals surface area contributed by atoms with Gasteiger partial charge in [0.15, 0.2) is 5.75 Å². The topological polar surface area (TPSA) is 83.7 Å². The minimum atomic E-state index is -5.01. The monoisotopic (exact) mass is 372 g/mol. The number of likely N-dealkylation sites (tertiary alicyclic amines) is 1. The second-order valence-electron chi connectivity index (χ2n) is 7.74. The van der Waals surface area contributed by atoms with Gasteiger partial charge in [-0.15, -0.1) is 0 Å². The third kappa shape index (κ3) is 2.29. The lowest BCUT2D eigenvalue weighted by Crippen LogP contribution is -2.66. The largest absolute Gasteiger partial charge is 0.502 e. The Morgan fingerprint density at radius 1 is 1.35 bits per heavy atom. The third-order valence-corrected chi connectivity index (χ3v) is 6.42. The SMILES string of the molecule is CC12CCN(C(=O)C(F)(F)F)[C@H](Cc3c1ccc(O)c3[N+](=O)[O-])C2(C)C. The van der Waals surface area contributed by atoms with Crippen molar-refractivity contribution in [3.05, 3.63) is 33.4 Å². The van der Waals surface area contributed by atoms with Crippen LogP contribution < -0.4 is 0 Å². The van der Waals surface area contributed by atoms with Crippen LogP contribution >= 0.6 is 0 Å². The molecule has 6 nitrogen and oxygen atoms in total. The Morgan fingerprint density at radius 3 is 2.50 bits per heavy atom. The summed E-state index contributed by atoms with van der Waals surface area (Å²) in [5, 5.41) is 21.4. The summed E-state index contributed by atoms with van der Waals surface area (Å²) in [5.74, 6) is -2.45. The Bertz CT molecular complexity index is 806. The normalized spacial score (nSPS) is 27.0. The highest BCUT2D eigenvalue weighted by atomic mass is 19.4. The number of aromatic hydroxyl groups is 1. The second kappa shape index (κ2) is 5.34. The van der Waals surface area contributed by atoms with Gasteiger partial charge in [0.1, 0.15) is 0 Å². The van der Waals surface area contributed by atoms with E-state index in [1.165, 1.54) is 6.07 Å². The number of amides is 1. The van der Waals surface area contributed by atoms with Crippen LogP contribution in [0.1, 0.15) is 38.3 Å². The highest BCUT2D eigenvalue weighted by Crippen LogP contribution is 2.58. The summed E-state index contributed by atoms with van der Waals surface area (Å²) in [6.45, 7) is 5.36. The number of nitro benzene ring substituents is 1. The van der Waals surface area contributed by atoms with Crippen LogP contribution in [0.2, 0.25) is 0 Å². The molecule has 1 aromatic rings. The molecule has 3 rings (SSSR count). The number of carbonyl (C=O) groups excluding carboxylic acids is 1. The Hall–Kier alpha value is -2.32. The smallest absolute Gasteiger partial charge is 0.471 e. The zero-order valence-corrected chi connectivity index (χ0v) is 14.6. The maximum Gasteiger partial charge on any atom is 0.471 e. The fraction of sp³-hybridized carbons (Fsp3) is 0.588. The number of phenolic OH excluding ortho intramolecular Hbond substituents is 1. The average molecular weight is 372 g/mol. The minimum Gasteiger partial charge on any atom is -0.502 e. The lowest BCUT2D eigenvalue weighted by atomic mass is 9.51. The van der Waals surface area contributed by atoms with Crippen molar-refractivity contribution in [1.29, 1.82) is 0 Å². The zero-order chi connectivity index (χ0) is 19.7. The van der Waals surface area contributed by atoms with Crippen molar-refractivity contribution in [1.82, 2.24) is 4.90 Å². The lowest BCUT2D eigenvalue weighted by molar-refractivity contribution is -0.386. The number of piperidine rings is 1. The van der Waals surface area contributed by atoms with Gasteiger partial charge in [0.05, 0.1) is 4.92 Å². The molecule has 1 aromatic carbocycles. The van der Waals surface area contributed by atoms with Crippen LogP contribution in [-0.4, -0.2) is 39.6 Å². The fourth-order valence-corrected chi connectivity index (χ4v) is 4.58. The lowest BCUT2D eigenvalue weighted by Gasteiger charge is -2.60. The van der Waals surface area contributed by atoms with Gasteiger partial charge in [0.25, 0.3) is 0 Å². The number of alkyl halides is 3. The summed E-state index contributed by atoms with van der Waals surface area (Å²) < 4.78 is 39.1. The number of nitro groups is 1. The van der Waals surface area contributed by atoms with Crippen molar-refractivity contribution in [2.24, 2.45) is 5.41 Å². The molecule has 2 bridgehead atoms. The van der Waals surface area contributed by atoms with Gasteiger partial charge in [-0.1, -0.05) is 26.8 Å². The molecule has 26 heavy (non-hydrogen) atoms. The van der Waals surface area contributed by atoms with Crippen LogP contribution in [0, 0.1) is 15.5 Å². The molecule has 1 aliphatic heterocycles. The molecule has 0 aromatic heterocycles. The summed E-state index contributed by atoms with van der Waals surface area (Å²) in [6, 6.07) is 2.01. The first-order valence-electron chi connectivity index (χ1n) is 8.20. The molecule has 2 atom stereocenters. The van der Waals surface area contributed by atoms with Crippen LogP contribution in [0.3, 0.4) is 0 Å². The summed E-state index contributed by atoms with van der Waals surface area (Å²) in [5.41, 5.74) is -1.02. The molecule has 1 unspecified atom stereocenters. The van der Waals surface area contributed by atoms with Crippen LogP contribution in [0.25, 0.3) is 0 Å². The molecule has 1 N–H and O–H groups in total.